The van der Waals surface area contributed by atoms with E-state index in [9.17, 15) is 14.7 Å². The monoisotopic (exact) mass is 312 g/mol. The number of rotatable bonds is 7. The van der Waals surface area contributed by atoms with Gasteiger partial charge in [0.15, 0.2) is 0 Å². The highest BCUT2D eigenvalue weighted by Gasteiger charge is 2.26. The van der Waals surface area contributed by atoms with Crippen molar-refractivity contribution in [1.82, 2.24) is 9.88 Å². The molecular formula is C18H20N2O3. The van der Waals surface area contributed by atoms with Gasteiger partial charge >= 0.3 is 5.97 Å². The van der Waals surface area contributed by atoms with Crippen molar-refractivity contribution >= 4 is 11.9 Å². The van der Waals surface area contributed by atoms with E-state index in [0.29, 0.717) is 12.8 Å². The van der Waals surface area contributed by atoms with Crippen LogP contribution in [0.1, 0.15) is 17.7 Å². The summed E-state index contributed by atoms with van der Waals surface area (Å²) < 4.78 is 0. The molecule has 23 heavy (non-hydrogen) atoms. The van der Waals surface area contributed by atoms with Crippen LogP contribution in [0.2, 0.25) is 0 Å². The number of nitrogens with zero attached hydrogens (tertiary/aromatic N) is 2. The summed E-state index contributed by atoms with van der Waals surface area (Å²) >= 11 is 0. The fraction of sp³-hybridized carbons (Fsp3) is 0.278. The molecule has 1 unspecified atom stereocenters. The fourth-order valence-corrected chi connectivity index (χ4v) is 2.36. The van der Waals surface area contributed by atoms with E-state index in [1.54, 1.807) is 13.2 Å². The number of aryl methyl sites for hydroxylation is 1. The Balaban J connectivity index is 1.98. The zero-order valence-electron chi connectivity index (χ0n) is 13.1. The van der Waals surface area contributed by atoms with E-state index in [0.717, 1.165) is 11.3 Å². The largest absolute Gasteiger partial charge is 0.480 e. The van der Waals surface area contributed by atoms with Gasteiger partial charge in [-0.3, -0.25) is 9.78 Å². The molecule has 5 nitrogen and oxygen atoms in total. The van der Waals surface area contributed by atoms with Crippen molar-refractivity contribution in [3.05, 3.63) is 66.0 Å². The van der Waals surface area contributed by atoms with Gasteiger partial charge in [0.25, 0.3) is 0 Å². The molecular weight excluding hydrogens is 292 g/mol. The summed E-state index contributed by atoms with van der Waals surface area (Å²) in [7, 11) is 1.54. The first kappa shape index (κ1) is 16.7. The van der Waals surface area contributed by atoms with Gasteiger partial charge in [-0.25, -0.2) is 4.79 Å². The van der Waals surface area contributed by atoms with Crippen LogP contribution in [0.15, 0.2) is 54.7 Å². The first-order valence-electron chi connectivity index (χ1n) is 7.50. The average Bonchev–Trinajstić information content (AvgIpc) is 2.58. The maximum absolute atomic E-state index is 12.3. The molecule has 0 saturated carbocycles. The van der Waals surface area contributed by atoms with Crippen molar-refractivity contribution in [3.63, 3.8) is 0 Å². The van der Waals surface area contributed by atoms with E-state index in [2.05, 4.69) is 4.98 Å². The highest BCUT2D eigenvalue weighted by Crippen LogP contribution is 2.10. The summed E-state index contributed by atoms with van der Waals surface area (Å²) in [4.78, 5) is 29.3. The molecule has 0 spiro atoms. The molecule has 1 amide bonds. The molecule has 0 aliphatic carbocycles. The van der Waals surface area contributed by atoms with Crippen LogP contribution in [0, 0.1) is 0 Å². The topological polar surface area (TPSA) is 70.5 Å². The summed E-state index contributed by atoms with van der Waals surface area (Å²) in [6.45, 7) is 0. The number of pyridine rings is 1. The van der Waals surface area contributed by atoms with Crippen LogP contribution >= 0.6 is 0 Å². The number of amides is 1. The van der Waals surface area contributed by atoms with Gasteiger partial charge in [0.2, 0.25) is 5.91 Å². The lowest BCUT2D eigenvalue weighted by Gasteiger charge is -2.25. The maximum Gasteiger partial charge on any atom is 0.326 e. The Bertz CT molecular complexity index is 644. The predicted octanol–water partition coefficient (Wildman–Crippen LogP) is 2.17. The second-order valence-electron chi connectivity index (χ2n) is 5.37. The Labute approximate surface area is 135 Å². The molecule has 0 fully saturated rings. The number of hydrogen-bond donors (Lipinski definition) is 1. The molecule has 120 valence electrons. The second-order valence-corrected chi connectivity index (χ2v) is 5.37. The van der Waals surface area contributed by atoms with Crippen molar-refractivity contribution in [2.24, 2.45) is 0 Å². The third kappa shape index (κ3) is 4.92. The van der Waals surface area contributed by atoms with Crippen molar-refractivity contribution < 1.29 is 14.7 Å². The number of carbonyl (C=O) groups excluding carboxylic acids is 1. The minimum absolute atomic E-state index is 0.195. The number of carboxylic acid groups (broad SMARTS) is 1. The van der Waals surface area contributed by atoms with Crippen LogP contribution in [0.4, 0.5) is 0 Å². The first-order valence-corrected chi connectivity index (χ1v) is 7.50. The summed E-state index contributed by atoms with van der Waals surface area (Å²) in [6.07, 6.45) is 2.72. The number of likely N-dealkylation sites (N-methyl/N-ethyl adjacent to an activating group) is 1. The third-order valence-corrected chi connectivity index (χ3v) is 3.74. The Hall–Kier alpha value is -2.69. The molecule has 0 saturated heterocycles. The lowest BCUT2D eigenvalue weighted by Crippen LogP contribution is -2.43. The zero-order valence-corrected chi connectivity index (χ0v) is 13.1. The third-order valence-electron chi connectivity index (χ3n) is 3.74. The summed E-state index contributed by atoms with van der Waals surface area (Å²) in [5.41, 5.74) is 1.72. The molecule has 0 bridgehead atoms. The van der Waals surface area contributed by atoms with E-state index in [4.69, 9.17) is 0 Å². The standard InChI is InChI=1S/C18H20N2O3/c1-20(17(21)11-10-15-9-5-6-12-19-15)16(18(22)23)13-14-7-3-2-4-8-14/h2-9,12,16H,10-11,13H2,1H3,(H,22,23). The van der Waals surface area contributed by atoms with E-state index in [-0.39, 0.29) is 12.3 Å². The van der Waals surface area contributed by atoms with Gasteiger partial charge in [-0.15, -0.1) is 0 Å². The van der Waals surface area contributed by atoms with Crippen molar-refractivity contribution in [2.75, 3.05) is 7.05 Å². The lowest BCUT2D eigenvalue weighted by molar-refractivity contribution is -0.149. The Kier molecular flexibility index (Phi) is 5.86. The fourth-order valence-electron chi connectivity index (χ4n) is 2.36. The van der Waals surface area contributed by atoms with Crippen molar-refractivity contribution in [2.45, 2.75) is 25.3 Å². The number of carbonyl (C=O) groups is 2. The van der Waals surface area contributed by atoms with Gasteiger partial charge < -0.3 is 10.0 Å². The summed E-state index contributed by atoms with van der Waals surface area (Å²) in [6, 6.07) is 14.0. The van der Waals surface area contributed by atoms with Gasteiger partial charge in [0, 0.05) is 31.8 Å². The minimum Gasteiger partial charge on any atom is -0.480 e. The molecule has 2 aromatic rings. The quantitative estimate of drug-likeness (QED) is 0.850. The smallest absolute Gasteiger partial charge is 0.326 e. The van der Waals surface area contributed by atoms with Gasteiger partial charge in [-0.2, -0.15) is 0 Å². The molecule has 1 aromatic carbocycles. The van der Waals surface area contributed by atoms with E-state index >= 15 is 0 Å². The van der Waals surface area contributed by atoms with Crippen LogP contribution in [0.5, 0.6) is 0 Å². The van der Waals surface area contributed by atoms with Gasteiger partial charge in [0.05, 0.1) is 0 Å². The number of aromatic nitrogens is 1. The summed E-state index contributed by atoms with van der Waals surface area (Å²) in [5, 5.41) is 9.43. The molecule has 1 heterocycles. The second kappa shape index (κ2) is 8.08. The Morgan fingerprint density at radius 1 is 1.13 bits per heavy atom. The van der Waals surface area contributed by atoms with E-state index < -0.39 is 12.0 Å². The molecule has 0 aliphatic rings. The average molecular weight is 312 g/mol. The molecule has 1 N–H and O–H groups in total. The molecule has 0 radical (unpaired) electrons. The highest BCUT2D eigenvalue weighted by atomic mass is 16.4. The van der Waals surface area contributed by atoms with Crippen LogP contribution in [0.3, 0.4) is 0 Å². The molecule has 2 rings (SSSR count). The van der Waals surface area contributed by atoms with Crippen molar-refractivity contribution in [3.8, 4) is 0 Å². The number of hydrogen-bond acceptors (Lipinski definition) is 3. The first-order chi connectivity index (χ1) is 11.1. The zero-order chi connectivity index (χ0) is 16.7. The Morgan fingerprint density at radius 2 is 1.83 bits per heavy atom. The Morgan fingerprint density at radius 3 is 2.43 bits per heavy atom. The summed E-state index contributed by atoms with van der Waals surface area (Å²) in [5.74, 6) is -1.19. The van der Waals surface area contributed by atoms with Crippen molar-refractivity contribution in [1.29, 1.82) is 0 Å². The van der Waals surface area contributed by atoms with Crippen LogP contribution < -0.4 is 0 Å². The SMILES string of the molecule is CN(C(=O)CCc1ccccn1)C(Cc1ccccc1)C(=O)O. The molecule has 5 heteroatoms. The van der Waals surface area contributed by atoms with Crippen LogP contribution in [0.25, 0.3) is 0 Å². The van der Waals surface area contributed by atoms with Crippen LogP contribution in [-0.2, 0) is 22.4 Å². The predicted molar refractivity (Wildman–Crippen MR) is 86.9 cm³/mol. The maximum atomic E-state index is 12.3. The van der Waals surface area contributed by atoms with E-state index in [1.165, 1.54) is 4.90 Å². The lowest BCUT2D eigenvalue weighted by atomic mass is 10.0. The van der Waals surface area contributed by atoms with Gasteiger partial charge in [-0.05, 0) is 24.1 Å². The highest BCUT2D eigenvalue weighted by molar-refractivity contribution is 5.83. The van der Waals surface area contributed by atoms with Gasteiger partial charge in [-0.1, -0.05) is 36.4 Å². The number of benzene rings is 1. The normalized spacial score (nSPS) is 11.7. The number of carboxylic acids is 1. The minimum atomic E-state index is -0.998. The van der Waals surface area contributed by atoms with Gasteiger partial charge in [0.1, 0.15) is 6.04 Å². The van der Waals surface area contributed by atoms with Crippen LogP contribution in [-0.4, -0.2) is 40.0 Å². The molecule has 1 atom stereocenters. The molecule has 0 aliphatic heterocycles. The van der Waals surface area contributed by atoms with E-state index in [1.807, 2.05) is 48.5 Å². The number of aliphatic carboxylic acids is 1. The molecule has 1 aromatic heterocycles.